The molecule has 4 unspecified atom stereocenters. The lowest BCUT2D eigenvalue weighted by Gasteiger charge is -2.43. The van der Waals surface area contributed by atoms with Crippen molar-refractivity contribution in [3.8, 4) is 0 Å². The molecule has 20 heavy (non-hydrogen) atoms. The SMILES string of the molecule is CC(N)Cc1cccc(F)c1N1CC(C)CC(C)C1C. The number of nitrogens with two attached hydrogens (primary N) is 1. The maximum absolute atomic E-state index is 14.4. The Hall–Kier alpha value is -1.09. The molecule has 1 aliphatic rings. The van der Waals surface area contributed by atoms with E-state index in [1.807, 2.05) is 13.0 Å². The third-order valence-corrected chi connectivity index (χ3v) is 4.50. The molecule has 0 spiro atoms. The predicted molar refractivity (Wildman–Crippen MR) is 83.5 cm³/mol. The van der Waals surface area contributed by atoms with Crippen molar-refractivity contribution in [2.24, 2.45) is 17.6 Å². The van der Waals surface area contributed by atoms with Gasteiger partial charge in [0.2, 0.25) is 0 Å². The van der Waals surface area contributed by atoms with Gasteiger partial charge < -0.3 is 10.6 Å². The van der Waals surface area contributed by atoms with Crippen LogP contribution in [0.1, 0.15) is 39.7 Å². The molecule has 3 heteroatoms. The van der Waals surface area contributed by atoms with Crippen molar-refractivity contribution >= 4 is 5.69 Å². The normalized spacial score (nSPS) is 28.5. The van der Waals surface area contributed by atoms with Crippen LogP contribution in [0.5, 0.6) is 0 Å². The highest BCUT2D eigenvalue weighted by Crippen LogP contribution is 2.35. The minimum atomic E-state index is -0.115. The lowest BCUT2D eigenvalue weighted by Crippen LogP contribution is -2.46. The molecule has 1 aromatic rings. The number of para-hydroxylation sites is 1. The van der Waals surface area contributed by atoms with E-state index in [-0.39, 0.29) is 11.9 Å². The zero-order valence-corrected chi connectivity index (χ0v) is 13.1. The first kappa shape index (κ1) is 15.3. The van der Waals surface area contributed by atoms with Crippen LogP contribution in [0.4, 0.5) is 10.1 Å². The van der Waals surface area contributed by atoms with Crippen molar-refractivity contribution in [3.63, 3.8) is 0 Å². The van der Waals surface area contributed by atoms with Crippen LogP contribution in [0.3, 0.4) is 0 Å². The molecule has 112 valence electrons. The molecule has 0 radical (unpaired) electrons. The molecule has 0 saturated carbocycles. The zero-order chi connectivity index (χ0) is 14.9. The van der Waals surface area contributed by atoms with Crippen molar-refractivity contribution in [1.29, 1.82) is 0 Å². The van der Waals surface area contributed by atoms with Crippen LogP contribution in [-0.2, 0) is 6.42 Å². The second kappa shape index (κ2) is 6.13. The van der Waals surface area contributed by atoms with Crippen LogP contribution >= 0.6 is 0 Å². The molecular weight excluding hydrogens is 251 g/mol. The summed E-state index contributed by atoms with van der Waals surface area (Å²) in [4.78, 5) is 2.26. The van der Waals surface area contributed by atoms with Crippen LogP contribution < -0.4 is 10.6 Å². The average molecular weight is 278 g/mol. The monoisotopic (exact) mass is 278 g/mol. The fraction of sp³-hybridized carbons (Fsp3) is 0.647. The fourth-order valence-electron chi connectivity index (χ4n) is 3.40. The molecule has 0 aliphatic carbocycles. The lowest BCUT2D eigenvalue weighted by molar-refractivity contribution is 0.294. The van der Waals surface area contributed by atoms with Gasteiger partial charge in [-0.1, -0.05) is 26.0 Å². The van der Waals surface area contributed by atoms with Gasteiger partial charge in [0.05, 0.1) is 5.69 Å². The molecule has 2 rings (SSSR count). The van der Waals surface area contributed by atoms with Crippen LogP contribution in [0.2, 0.25) is 0 Å². The number of rotatable bonds is 3. The Balaban J connectivity index is 2.39. The van der Waals surface area contributed by atoms with Gasteiger partial charge >= 0.3 is 0 Å². The van der Waals surface area contributed by atoms with Crippen LogP contribution in [0.15, 0.2) is 18.2 Å². The Kier molecular flexibility index (Phi) is 4.69. The first-order valence-corrected chi connectivity index (χ1v) is 7.69. The van der Waals surface area contributed by atoms with Crippen LogP contribution in [-0.4, -0.2) is 18.6 Å². The summed E-state index contributed by atoms with van der Waals surface area (Å²) in [7, 11) is 0. The molecule has 1 aromatic carbocycles. The summed E-state index contributed by atoms with van der Waals surface area (Å²) in [5.74, 6) is 1.07. The highest BCUT2D eigenvalue weighted by molar-refractivity contribution is 5.56. The maximum Gasteiger partial charge on any atom is 0.146 e. The molecule has 1 heterocycles. The van der Waals surface area contributed by atoms with E-state index in [0.29, 0.717) is 17.9 Å². The number of hydrogen-bond donors (Lipinski definition) is 1. The number of benzene rings is 1. The number of anilines is 1. The third kappa shape index (κ3) is 3.14. The Labute approximate surface area is 122 Å². The first-order valence-electron chi connectivity index (χ1n) is 7.69. The van der Waals surface area contributed by atoms with E-state index in [2.05, 4.69) is 25.7 Å². The summed E-state index contributed by atoms with van der Waals surface area (Å²) in [6, 6.07) is 5.79. The molecule has 0 amide bonds. The quantitative estimate of drug-likeness (QED) is 0.915. The summed E-state index contributed by atoms with van der Waals surface area (Å²) in [6.45, 7) is 9.62. The number of nitrogens with zero attached hydrogens (tertiary/aromatic N) is 1. The molecule has 0 aromatic heterocycles. The minimum absolute atomic E-state index is 0.0468. The van der Waals surface area contributed by atoms with Gasteiger partial charge in [0.1, 0.15) is 5.82 Å². The van der Waals surface area contributed by atoms with Crippen molar-refractivity contribution in [1.82, 2.24) is 0 Å². The molecule has 1 saturated heterocycles. The van der Waals surface area contributed by atoms with Gasteiger partial charge in [0, 0.05) is 18.6 Å². The third-order valence-electron chi connectivity index (χ3n) is 4.50. The predicted octanol–water partition coefficient (Wildman–Crippen LogP) is 3.59. The molecular formula is C17H27FN2. The van der Waals surface area contributed by atoms with E-state index < -0.39 is 0 Å². The van der Waals surface area contributed by atoms with Gasteiger partial charge in [-0.05, 0) is 50.2 Å². The Morgan fingerprint density at radius 2 is 2.05 bits per heavy atom. The van der Waals surface area contributed by atoms with Gasteiger partial charge in [-0.3, -0.25) is 0 Å². The van der Waals surface area contributed by atoms with E-state index in [4.69, 9.17) is 5.73 Å². The van der Waals surface area contributed by atoms with Crippen molar-refractivity contribution in [2.75, 3.05) is 11.4 Å². The second-order valence-electron chi connectivity index (χ2n) is 6.64. The summed E-state index contributed by atoms with van der Waals surface area (Å²) >= 11 is 0. The molecule has 4 atom stereocenters. The van der Waals surface area contributed by atoms with E-state index in [1.165, 1.54) is 6.42 Å². The molecule has 1 aliphatic heterocycles. The van der Waals surface area contributed by atoms with Crippen LogP contribution in [0.25, 0.3) is 0 Å². The minimum Gasteiger partial charge on any atom is -0.366 e. The van der Waals surface area contributed by atoms with Crippen molar-refractivity contribution < 1.29 is 4.39 Å². The number of piperidine rings is 1. The highest BCUT2D eigenvalue weighted by Gasteiger charge is 2.31. The Morgan fingerprint density at radius 1 is 1.35 bits per heavy atom. The summed E-state index contributed by atoms with van der Waals surface area (Å²) in [5.41, 5.74) is 7.73. The van der Waals surface area contributed by atoms with Crippen molar-refractivity contribution in [3.05, 3.63) is 29.6 Å². The highest BCUT2D eigenvalue weighted by atomic mass is 19.1. The number of halogens is 1. The van der Waals surface area contributed by atoms with Gasteiger partial charge in [0.15, 0.2) is 0 Å². The largest absolute Gasteiger partial charge is 0.366 e. The van der Waals surface area contributed by atoms with Crippen molar-refractivity contribution in [2.45, 2.75) is 52.6 Å². The Bertz CT molecular complexity index is 458. The van der Waals surface area contributed by atoms with E-state index in [9.17, 15) is 4.39 Å². The molecule has 0 bridgehead atoms. The Morgan fingerprint density at radius 3 is 2.70 bits per heavy atom. The summed E-state index contributed by atoms with van der Waals surface area (Å²) in [6.07, 6.45) is 1.94. The summed E-state index contributed by atoms with van der Waals surface area (Å²) in [5, 5.41) is 0. The number of hydrogen-bond acceptors (Lipinski definition) is 2. The van der Waals surface area contributed by atoms with E-state index in [0.717, 1.165) is 24.2 Å². The molecule has 2 N–H and O–H groups in total. The van der Waals surface area contributed by atoms with E-state index in [1.54, 1.807) is 12.1 Å². The van der Waals surface area contributed by atoms with Gasteiger partial charge in [-0.15, -0.1) is 0 Å². The molecule has 1 fully saturated rings. The van der Waals surface area contributed by atoms with Gasteiger partial charge in [-0.25, -0.2) is 4.39 Å². The first-order chi connectivity index (χ1) is 9.40. The lowest BCUT2D eigenvalue weighted by atomic mass is 9.85. The maximum atomic E-state index is 14.4. The average Bonchev–Trinajstić information content (AvgIpc) is 2.34. The fourth-order valence-corrected chi connectivity index (χ4v) is 3.40. The van der Waals surface area contributed by atoms with Gasteiger partial charge in [-0.2, -0.15) is 0 Å². The smallest absolute Gasteiger partial charge is 0.146 e. The zero-order valence-electron chi connectivity index (χ0n) is 13.1. The van der Waals surface area contributed by atoms with Crippen LogP contribution in [0, 0.1) is 17.7 Å². The topological polar surface area (TPSA) is 29.3 Å². The second-order valence-corrected chi connectivity index (χ2v) is 6.64. The molecule has 2 nitrogen and oxygen atoms in total. The summed E-state index contributed by atoms with van der Waals surface area (Å²) < 4.78 is 14.4. The standard InChI is InChI=1S/C17H27FN2/c1-11-8-12(2)14(4)20(10-11)17-15(9-13(3)19)6-5-7-16(17)18/h5-7,11-14H,8-10,19H2,1-4H3. The van der Waals surface area contributed by atoms with Gasteiger partial charge in [0.25, 0.3) is 0 Å². The van der Waals surface area contributed by atoms with E-state index >= 15 is 0 Å².